The first kappa shape index (κ1) is 16.8. The van der Waals surface area contributed by atoms with Crippen LogP contribution in [0.2, 0.25) is 0 Å². The second kappa shape index (κ2) is 6.81. The van der Waals surface area contributed by atoms with E-state index in [1.165, 1.54) is 5.56 Å². The molecule has 0 amide bonds. The van der Waals surface area contributed by atoms with Gasteiger partial charge in [-0.25, -0.2) is 0 Å². The predicted molar refractivity (Wildman–Crippen MR) is 95.0 cm³/mol. The van der Waals surface area contributed by atoms with E-state index in [-0.39, 0.29) is 6.10 Å². The molecule has 0 aliphatic rings. The molecule has 1 unspecified atom stereocenters. The van der Waals surface area contributed by atoms with E-state index in [1.54, 1.807) is 12.1 Å². The molecule has 0 saturated carbocycles. The van der Waals surface area contributed by atoms with Crippen molar-refractivity contribution >= 4 is 11.0 Å². The lowest BCUT2D eigenvalue weighted by atomic mass is 9.96. The van der Waals surface area contributed by atoms with Gasteiger partial charge in [0, 0.05) is 23.6 Å². The molecule has 124 valence electrons. The van der Waals surface area contributed by atoms with Crippen LogP contribution >= 0.6 is 0 Å². The molecule has 0 bridgehead atoms. The molecule has 1 heterocycles. The Morgan fingerprint density at radius 3 is 2.28 bits per heavy atom. The minimum Gasteiger partial charge on any atom is -0.461 e. The van der Waals surface area contributed by atoms with Gasteiger partial charge in [0.1, 0.15) is 29.6 Å². The molecule has 0 spiro atoms. The van der Waals surface area contributed by atoms with E-state index < -0.39 is 0 Å². The molecule has 0 N–H and O–H groups in total. The molecular weight excluding hydrogens is 312 g/mol. The SMILES string of the molecule is CCOC(c1ccc(C)cc1)c1c(C)oc2cc(C#N)c(C#N)cc12. The van der Waals surface area contributed by atoms with Crippen LogP contribution in [0, 0.1) is 36.5 Å². The zero-order valence-corrected chi connectivity index (χ0v) is 14.5. The molecule has 1 atom stereocenters. The molecule has 0 radical (unpaired) electrons. The number of rotatable bonds is 4. The topological polar surface area (TPSA) is 69.9 Å². The quantitative estimate of drug-likeness (QED) is 0.681. The summed E-state index contributed by atoms with van der Waals surface area (Å²) in [7, 11) is 0. The molecule has 3 rings (SSSR count). The Balaban J connectivity index is 2.24. The van der Waals surface area contributed by atoms with Crippen molar-refractivity contribution in [3.63, 3.8) is 0 Å². The van der Waals surface area contributed by atoms with E-state index in [0.717, 1.165) is 22.3 Å². The Morgan fingerprint density at radius 2 is 1.68 bits per heavy atom. The van der Waals surface area contributed by atoms with E-state index in [1.807, 2.05) is 51.1 Å². The van der Waals surface area contributed by atoms with Gasteiger partial charge in [-0.15, -0.1) is 0 Å². The normalized spacial score (nSPS) is 11.9. The highest BCUT2D eigenvalue weighted by molar-refractivity contribution is 5.86. The highest BCUT2D eigenvalue weighted by atomic mass is 16.5. The third-order valence-electron chi connectivity index (χ3n) is 4.27. The van der Waals surface area contributed by atoms with Gasteiger partial charge in [0.15, 0.2) is 0 Å². The Kier molecular flexibility index (Phi) is 4.57. The fourth-order valence-electron chi connectivity index (χ4n) is 3.05. The number of ether oxygens (including phenoxy) is 1. The van der Waals surface area contributed by atoms with Crippen LogP contribution in [0.25, 0.3) is 11.0 Å². The average molecular weight is 330 g/mol. The number of nitriles is 2. The monoisotopic (exact) mass is 330 g/mol. The Labute approximate surface area is 146 Å². The third-order valence-corrected chi connectivity index (χ3v) is 4.27. The van der Waals surface area contributed by atoms with Gasteiger partial charge in [-0.3, -0.25) is 0 Å². The first-order valence-corrected chi connectivity index (χ1v) is 8.14. The predicted octanol–water partition coefficient (Wildman–Crippen LogP) is 4.92. The standard InChI is InChI=1S/C21H18N2O2/c1-4-24-21(15-7-5-13(2)6-8-15)20-14(3)25-19-10-17(12-23)16(11-22)9-18(19)20/h5-10,21H,4H2,1-3H3. The van der Waals surface area contributed by atoms with Gasteiger partial charge < -0.3 is 9.15 Å². The maximum absolute atomic E-state index is 9.33. The minimum absolute atomic E-state index is 0.286. The fraction of sp³-hybridized carbons (Fsp3) is 0.238. The van der Waals surface area contributed by atoms with Crippen molar-refractivity contribution in [3.05, 3.63) is 70.0 Å². The molecule has 3 aromatic rings. The lowest BCUT2D eigenvalue weighted by molar-refractivity contribution is 0.0911. The number of hydrogen-bond donors (Lipinski definition) is 0. The van der Waals surface area contributed by atoms with Crippen molar-refractivity contribution in [1.82, 2.24) is 0 Å². The van der Waals surface area contributed by atoms with Crippen LogP contribution in [0.4, 0.5) is 0 Å². The van der Waals surface area contributed by atoms with Gasteiger partial charge in [0.05, 0.1) is 11.1 Å². The van der Waals surface area contributed by atoms with Crippen LogP contribution in [0.1, 0.15) is 46.6 Å². The van der Waals surface area contributed by atoms with Crippen molar-refractivity contribution in [1.29, 1.82) is 10.5 Å². The van der Waals surface area contributed by atoms with E-state index in [4.69, 9.17) is 9.15 Å². The minimum atomic E-state index is -0.286. The zero-order valence-electron chi connectivity index (χ0n) is 14.5. The van der Waals surface area contributed by atoms with Gasteiger partial charge >= 0.3 is 0 Å². The summed E-state index contributed by atoms with van der Waals surface area (Å²) in [6.45, 7) is 6.42. The summed E-state index contributed by atoms with van der Waals surface area (Å²) in [6.07, 6.45) is -0.286. The first-order chi connectivity index (χ1) is 12.1. The largest absolute Gasteiger partial charge is 0.461 e. The summed E-state index contributed by atoms with van der Waals surface area (Å²) in [5.74, 6) is 0.730. The van der Waals surface area contributed by atoms with Crippen molar-refractivity contribution < 1.29 is 9.15 Å². The Hall–Kier alpha value is -3.08. The Morgan fingerprint density at radius 1 is 1.04 bits per heavy atom. The van der Waals surface area contributed by atoms with Crippen LogP contribution in [0.15, 0.2) is 40.8 Å². The molecule has 4 nitrogen and oxygen atoms in total. The summed E-state index contributed by atoms with van der Waals surface area (Å²) >= 11 is 0. The fourth-order valence-corrected chi connectivity index (χ4v) is 3.05. The van der Waals surface area contributed by atoms with Gasteiger partial charge in [-0.2, -0.15) is 10.5 Å². The number of benzene rings is 2. The summed E-state index contributed by atoms with van der Waals surface area (Å²) in [5.41, 5.74) is 4.37. The summed E-state index contributed by atoms with van der Waals surface area (Å²) in [5, 5.41) is 19.4. The van der Waals surface area contributed by atoms with Crippen molar-refractivity contribution in [2.45, 2.75) is 26.9 Å². The molecular formula is C21H18N2O2. The number of furan rings is 1. The molecule has 0 aliphatic heterocycles. The van der Waals surface area contributed by atoms with E-state index in [2.05, 4.69) is 6.07 Å². The van der Waals surface area contributed by atoms with Crippen molar-refractivity contribution in [2.24, 2.45) is 0 Å². The summed E-state index contributed by atoms with van der Waals surface area (Å²) in [4.78, 5) is 0. The molecule has 25 heavy (non-hydrogen) atoms. The number of hydrogen-bond acceptors (Lipinski definition) is 4. The van der Waals surface area contributed by atoms with Gasteiger partial charge in [0.25, 0.3) is 0 Å². The smallest absolute Gasteiger partial charge is 0.136 e. The highest BCUT2D eigenvalue weighted by Gasteiger charge is 2.24. The molecule has 2 aromatic carbocycles. The van der Waals surface area contributed by atoms with Crippen LogP contribution in [-0.2, 0) is 4.74 Å². The molecule has 1 aromatic heterocycles. The molecule has 0 aliphatic carbocycles. The zero-order chi connectivity index (χ0) is 18.0. The van der Waals surface area contributed by atoms with E-state index in [9.17, 15) is 10.5 Å². The van der Waals surface area contributed by atoms with Crippen LogP contribution in [0.5, 0.6) is 0 Å². The van der Waals surface area contributed by atoms with E-state index >= 15 is 0 Å². The molecule has 0 fully saturated rings. The third kappa shape index (κ3) is 3.01. The number of nitrogens with zero attached hydrogens (tertiary/aromatic N) is 2. The highest BCUT2D eigenvalue weighted by Crippen LogP contribution is 2.37. The van der Waals surface area contributed by atoms with Crippen LogP contribution < -0.4 is 0 Å². The Bertz CT molecular complexity index is 1000. The summed E-state index contributed by atoms with van der Waals surface area (Å²) in [6, 6.07) is 15.7. The maximum Gasteiger partial charge on any atom is 0.136 e. The first-order valence-electron chi connectivity index (χ1n) is 8.14. The van der Waals surface area contributed by atoms with Gasteiger partial charge in [-0.05, 0) is 32.4 Å². The van der Waals surface area contributed by atoms with Crippen LogP contribution in [-0.4, -0.2) is 6.61 Å². The van der Waals surface area contributed by atoms with Crippen molar-refractivity contribution in [3.8, 4) is 12.1 Å². The maximum atomic E-state index is 9.33. The number of aryl methyl sites for hydroxylation is 2. The second-order valence-electron chi connectivity index (χ2n) is 5.94. The number of fused-ring (bicyclic) bond motifs is 1. The molecule has 0 saturated heterocycles. The molecule has 4 heteroatoms. The lowest BCUT2D eigenvalue weighted by Gasteiger charge is -2.18. The van der Waals surface area contributed by atoms with Crippen molar-refractivity contribution in [2.75, 3.05) is 6.61 Å². The van der Waals surface area contributed by atoms with Gasteiger partial charge in [0.2, 0.25) is 0 Å². The van der Waals surface area contributed by atoms with E-state index in [0.29, 0.717) is 23.3 Å². The second-order valence-corrected chi connectivity index (χ2v) is 5.94. The van der Waals surface area contributed by atoms with Gasteiger partial charge in [-0.1, -0.05) is 29.8 Å². The lowest BCUT2D eigenvalue weighted by Crippen LogP contribution is -2.07. The summed E-state index contributed by atoms with van der Waals surface area (Å²) < 4.78 is 11.9. The van der Waals surface area contributed by atoms with Crippen LogP contribution in [0.3, 0.4) is 0 Å². The average Bonchev–Trinajstić information content (AvgIpc) is 2.94.